The Morgan fingerprint density at radius 1 is 1.18 bits per heavy atom. The highest BCUT2D eigenvalue weighted by Gasteiger charge is 2.19. The molecule has 2 amide bonds. The van der Waals surface area contributed by atoms with Crippen molar-refractivity contribution in [3.8, 4) is 11.8 Å². The van der Waals surface area contributed by atoms with Crippen molar-refractivity contribution in [2.45, 2.75) is 32.7 Å². The Hall–Kier alpha value is -3.33. The van der Waals surface area contributed by atoms with Crippen LogP contribution in [0.2, 0.25) is 0 Å². The van der Waals surface area contributed by atoms with Gasteiger partial charge in [-0.25, -0.2) is 0 Å². The number of nitrogens with zero attached hydrogens (tertiary/aromatic N) is 2. The lowest BCUT2D eigenvalue weighted by Crippen LogP contribution is -2.37. The monoisotopic (exact) mass is 379 g/mol. The number of ether oxygens (including phenoxy) is 1. The van der Waals surface area contributed by atoms with E-state index in [9.17, 15) is 9.59 Å². The predicted octanol–water partition coefficient (Wildman–Crippen LogP) is 3.52. The topological polar surface area (TPSA) is 82.4 Å². The summed E-state index contributed by atoms with van der Waals surface area (Å²) < 4.78 is 5.07. The van der Waals surface area contributed by atoms with Crippen molar-refractivity contribution in [2.75, 3.05) is 18.6 Å². The highest BCUT2D eigenvalue weighted by atomic mass is 16.5. The van der Waals surface area contributed by atoms with Gasteiger partial charge in [-0.2, -0.15) is 5.26 Å². The number of rotatable bonds is 8. The zero-order valence-corrected chi connectivity index (χ0v) is 16.4. The molecule has 2 aromatic carbocycles. The third-order valence-electron chi connectivity index (χ3n) is 4.24. The maximum atomic E-state index is 12.7. The van der Waals surface area contributed by atoms with Crippen LogP contribution in [0, 0.1) is 11.3 Å². The number of nitriles is 1. The van der Waals surface area contributed by atoms with E-state index in [-0.39, 0.29) is 17.9 Å². The first kappa shape index (κ1) is 21.0. The lowest BCUT2D eigenvalue weighted by Gasteiger charge is -2.27. The molecule has 0 radical (unpaired) electrons. The first-order chi connectivity index (χ1) is 13.5. The summed E-state index contributed by atoms with van der Waals surface area (Å²) in [5.41, 5.74) is 1.77. The van der Waals surface area contributed by atoms with Gasteiger partial charge in [0.15, 0.2) is 0 Å². The van der Waals surface area contributed by atoms with Crippen LogP contribution >= 0.6 is 0 Å². The SMILES string of the molecule is COc1ccc(C(=O)NCCCC(=O)N(c2cccc(C#N)c2)C(C)C)cc1. The summed E-state index contributed by atoms with van der Waals surface area (Å²) in [4.78, 5) is 26.5. The molecule has 2 aromatic rings. The third kappa shape index (κ3) is 5.58. The van der Waals surface area contributed by atoms with E-state index in [0.29, 0.717) is 42.0 Å². The van der Waals surface area contributed by atoms with Gasteiger partial charge >= 0.3 is 0 Å². The molecule has 0 fully saturated rings. The fourth-order valence-corrected chi connectivity index (χ4v) is 2.86. The van der Waals surface area contributed by atoms with E-state index in [1.807, 2.05) is 19.9 Å². The van der Waals surface area contributed by atoms with Gasteiger partial charge < -0.3 is 15.0 Å². The lowest BCUT2D eigenvalue weighted by atomic mass is 10.1. The molecule has 0 aliphatic carbocycles. The van der Waals surface area contributed by atoms with Crippen molar-refractivity contribution in [3.05, 3.63) is 59.7 Å². The summed E-state index contributed by atoms with van der Waals surface area (Å²) in [6.07, 6.45) is 0.833. The van der Waals surface area contributed by atoms with Gasteiger partial charge in [-0.3, -0.25) is 9.59 Å². The first-order valence-corrected chi connectivity index (χ1v) is 9.20. The molecular formula is C22H25N3O3. The Bertz CT molecular complexity index is 854. The predicted molar refractivity (Wildman–Crippen MR) is 108 cm³/mol. The van der Waals surface area contributed by atoms with Gasteiger partial charge in [0.05, 0.1) is 18.7 Å². The second-order valence-corrected chi connectivity index (χ2v) is 6.61. The number of anilines is 1. The van der Waals surface area contributed by atoms with Crippen LogP contribution in [0.15, 0.2) is 48.5 Å². The molecule has 1 N–H and O–H groups in total. The van der Waals surface area contributed by atoms with Gasteiger partial charge in [-0.15, -0.1) is 0 Å². The number of nitrogens with one attached hydrogen (secondary N) is 1. The van der Waals surface area contributed by atoms with E-state index in [4.69, 9.17) is 10.00 Å². The van der Waals surface area contributed by atoms with Crippen LogP contribution < -0.4 is 15.0 Å². The molecule has 6 nitrogen and oxygen atoms in total. The summed E-state index contributed by atoms with van der Waals surface area (Å²) in [5, 5.41) is 11.9. The molecule has 0 atom stereocenters. The summed E-state index contributed by atoms with van der Waals surface area (Å²) in [6, 6.07) is 15.9. The van der Waals surface area contributed by atoms with Gasteiger partial charge in [0.1, 0.15) is 5.75 Å². The zero-order chi connectivity index (χ0) is 20.5. The fourth-order valence-electron chi connectivity index (χ4n) is 2.86. The van der Waals surface area contributed by atoms with E-state index in [1.165, 1.54) is 0 Å². The molecule has 0 aliphatic rings. The molecule has 0 saturated heterocycles. The van der Waals surface area contributed by atoms with Crippen molar-refractivity contribution in [3.63, 3.8) is 0 Å². The quantitative estimate of drug-likeness (QED) is 0.712. The smallest absolute Gasteiger partial charge is 0.251 e. The van der Waals surface area contributed by atoms with Gasteiger partial charge in [0.2, 0.25) is 5.91 Å². The minimum absolute atomic E-state index is 0.0321. The van der Waals surface area contributed by atoms with Crippen LogP contribution in [0.5, 0.6) is 5.75 Å². The van der Waals surface area contributed by atoms with E-state index in [2.05, 4.69) is 11.4 Å². The normalized spacial score (nSPS) is 10.2. The largest absolute Gasteiger partial charge is 0.497 e. The molecular weight excluding hydrogens is 354 g/mol. The molecule has 0 unspecified atom stereocenters. The summed E-state index contributed by atoms with van der Waals surface area (Å²) in [7, 11) is 1.57. The molecule has 0 spiro atoms. The average Bonchev–Trinajstić information content (AvgIpc) is 2.71. The van der Waals surface area contributed by atoms with Crippen LogP contribution in [0.4, 0.5) is 5.69 Å². The van der Waals surface area contributed by atoms with E-state index >= 15 is 0 Å². The summed E-state index contributed by atoms with van der Waals surface area (Å²) in [6.45, 7) is 4.27. The van der Waals surface area contributed by atoms with Crippen molar-refractivity contribution >= 4 is 17.5 Å². The van der Waals surface area contributed by atoms with Crippen LogP contribution in [-0.2, 0) is 4.79 Å². The van der Waals surface area contributed by atoms with E-state index < -0.39 is 0 Å². The molecule has 0 saturated carbocycles. The van der Waals surface area contributed by atoms with E-state index in [1.54, 1.807) is 54.5 Å². The first-order valence-electron chi connectivity index (χ1n) is 9.20. The number of hydrogen-bond donors (Lipinski definition) is 1. The standard InChI is InChI=1S/C22H25N3O3/c1-16(2)25(19-7-4-6-17(14-19)15-23)21(26)8-5-13-24-22(27)18-9-11-20(28-3)12-10-18/h4,6-7,9-12,14,16H,5,8,13H2,1-3H3,(H,24,27). The minimum atomic E-state index is -0.183. The summed E-state index contributed by atoms with van der Waals surface area (Å²) in [5.74, 6) is 0.470. The van der Waals surface area contributed by atoms with Crippen molar-refractivity contribution < 1.29 is 14.3 Å². The Labute approximate surface area is 165 Å². The number of hydrogen-bond acceptors (Lipinski definition) is 4. The summed E-state index contributed by atoms with van der Waals surface area (Å²) >= 11 is 0. The number of carbonyl (C=O) groups is 2. The average molecular weight is 379 g/mol. The molecule has 146 valence electrons. The van der Waals surface area contributed by atoms with Gasteiger partial charge in [0.25, 0.3) is 5.91 Å². The molecule has 0 aliphatic heterocycles. The number of carbonyl (C=O) groups excluding carboxylic acids is 2. The molecule has 28 heavy (non-hydrogen) atoms. The second-order valence-electron chi connectivity index (χ2n) is 6.61. The van der Waals surface area contributed by atoms with Crippen molar-refractivity contribution in [1.29, 1.82) is 5.26 Å². The zero-order valence-electron chi connectivity index (χ0n) is 16.4. The Morgan fingerprint density at radius 3 is 2.50 bits per heavy atom. The number of methoxy groups -OCH3 is 1. The van der Waals surface area contributed by atoms with Crippen LogP contribution in [0.1, 0.15) is 42.6 Å². The molecule has 6 heteroatoms. The molecule has 0 heterocycles. The molecule has 0 aromatic heterocycles. The third-order valence-corrected chi connectivity index (χ3v) is 4.24. The second kappa shape index (κ2) is 10.1. The highest BCUT2D eigenvalue weighted by molar-refractivity contribution is 5.95. The molecule has 2 rings (SSSR count). The van der Waals surface area contributed by atoms with Gasteiger partial charge in [-0.1, -0.05) is 6.07 Å². The van der Waals surface area contributed by atoms with Crippen LogP contribution in [-0.4, -0.2) is 31.5 Å². The maximum Gasteiger partial charge on any atom is 0.251 e. The fraction of sp³-hybridized carbons (Fsp3) is 0.318. The number of benzene rings is 2. The van der Waals surface area contributed by atoms with Gasteiger partial charge in [0, 0.05) is 30.3 Å². The van der Waals surface area contributed by atoms with Crippen molar-refractivity contribution in [2.24, 2.45) is 0 Å². The highest BCUT2D eigenvalue weighted by Crippen LogP contribution is 2.20. The number of amides is 2. The maximum absolute atomic E-state index is 12.7. The Kier molecular flexibility index (Phi) is 7.58. The van der Waals surface area contributed by atoms with Crippen LogP contribution in [0.3, 0.4) is 0 Å². The van der Waals surface area contributed by atoms with Gasteiger partial charge in [-0.05, 0) is 62.7 Å². The Balaban J connectivity index is 1.88. The molecule has 0 bridgehead atoms. The lowest BCUT2D eigenvalue weighted by molar-refractivity contribution is -0.119. The van der Waals surface area contributed by atoms with Crippen molar-refractivity contribution in [1.82, 2.24) is 5.32 Å². The minimum Gasteiger partial charge on any atom is -0.497 e. The van der Waals surface area contributed by atoms with Crippen LogP contribution in [0.25, 0.3) is 0 Å². The van der Waals surface area contributed by atoms with E-state index in [0.717, 1.165) is 0 Å². The Morgan fingerprint density at radius 2 is 1.89 bits per heavy atom.